The number of hydrogen-bond donors (Lipinski definition) is 2. The molecule has 0 aromatic carbocycles. The van der Waals surface area contributed by atoms with E-state index in [2.05, 4.69) is 36.6 Å². The van der Waals surface area contributed by atoms with Crippen molar-refractivity contribution < 1.29 is 4.79 Å². The highest BCUT2D eigenvalue weighted by atomic mass is 16.1. The van der Waals surface area contributed by atoms with E-state index in [4.69, 9.17) is 0 Å². The number of nitrogens with one attached hydrogen (secondary N) is 2. The van der Waals surface area contributed by atoms with E-state index in [0.717, 1.165) is 25.4 Å². The summed E-state index contributed by atoms with van der Waals surface area (Å²) in [6, 6.07) is 0. The van der Waals surface area contributed by atoms with E-state index in [0.29, 0.717) is 6.42 Å². The summed E-state index contributed by atoms with van der Waals surface area (Å²) in [5.74, 6) is 0.951. The van der Waals surface area contributed by atoms with Gasteiger partial charge in [0.05, 0.1) is 0 Å². The maximum absolute atomic E-state index is 11.8. The molecular formula is C15H31N3O. The second kappa shape index (κ2) is 7.85. The Labute approximate surface area is 118 Å². The molecule has 1 fully saturated rings. The molecule has 0 spiro atoms. The molecule has 0 aliphatic heterocycles. The third-order valence-electron chi connectivity index (χ3n) is 4.46. The summed E-state index contributed by atoms with van der Waals surface area (Å²) in [6.45, 7) is 4.03. The zero-order chi connectivity index (χ0) is 14.3. The summed E-state index contributed by atoms with van der Waals surface area (Å²) in [4.78, 5) is 14.2. The average Bonchev–Trinajstić information content (AvgIpc) is 2.36. The van der Waals surface area contributed by atoms with Crippen molar-refractivity contribution in [1.82, 2.24) is 15.5 Å². The fourth-order valence-electron chi connectivity index (χ4n) is 3.13. The van der Waals surface area contributed by atoms with Crippen LogP contribution in [0.25, 0.3) is 0 Å². The Morgan fingerprint density at radius 2 is 2.16 bits per heavy atom. The van der Waals surface area contributed by atoms with Crippen LogP contribution in [0.3, 0.4) is 0 Å². The molecule has 4 heteroatoms. The molecular weight excluding hydrogens is 238 g/mol. The van der Waals surface area contributed by atoms with Crippen molar-refractivity contribution >= 4 is 5.91 Å². The summed E-state index contributed by atoms with van der Waals surface area (Å²) >= 11 is 0. The van der Waals surface area contributed by atoms with Crippen LogP contribution in [-0.2, 0) is 4.79 Å². The molecule has 2 unspecified atom stereocenters. The molecule has 0 radical (unpaired) electrons. The normalized spacial score (nSPS) is 27.5. The lowest BCUT2D eigenvalue weighted by atomic mass is 9.75. The molecule has 0 bridgehead atoms. The monoisotopic (exact) mass is 269 g/mol. The minimum Gasteiger partial charge on any atom is -0.354 e. The van der Waals surface area contributed by atoms with Crippen LogP contribution < -0.4 is 10.6 Å². The third kappa shape index (κ3) is 5.11. The standard InChI is InChI=1S/C15H31N3O/c1-13-7-5-9-15(11-13,18(3)4)12-17-14(19)8-6-10-16-2/h13,16H,5-12H2,1-4H3,(H,17,19). The molecule has 1 amide bonds. The molecule has 0 saturated heterocycles. The van der Waals surface area contributed by atoms with Gasteiger partial charge in [-0.25, -0.2) is 0 Å². The third-order valence-corrected chi connectivity index (χ3v) is 4.46. The number of carbonyl (C=O) groups is 1. The van der Waals surface area contributed by atoms with Gasteiger partial charge in [0.1, 0.15) is 0 Å². The summed E-state index contributed by atoms with van der Waals surface area (Å²) in [5.41, 5.74) is 0.163. The van der Waals surface area contributed by atoms with Gasteiger partial charge in [-0.3, -0.25) is 4.79 Å². The summed E-state index contributed by atoms with van der Waals surface area (Å²) in [7, 11) is 6.21. The Morgan fingerprint density at radius 1 is 1.42 bits per heavy atom. The van der Waals surface area contributed by atoms with Crippen molar-refractivity contribution in [1.29, 1.82) is 0 Å². The van der Waals surface area contributed by atoms with E-state index in [1.165, 1.54) is 25.7 Å². The minimum absolute atomic E-state index is 0.163. The van der Waals surface area contributed by atoms with Gasteiger partial charge in [-0.05, 0) is 52.9 Å². The second-order valence-electron chi connectivity index (χ2n) is 6.30. The SMILES string of the molecule is CNCCCC(=O)NCC1(N(C)C)CCCC(C)C1. The zero-order valence-corrected chi connectivity index (χ0v) is 13.1. The molecule has 0 aromatic heterocycles. The van der Waals surface area contributed by atoms with Gasteiger partial charge >= 0.3 is 0 Å². The highest BCUT2D eigenvalue weighted by molar-refractivity contribution is 5.75. The quantitative estimate of drug-likeness (QED) is 0.690. The molecule has 1 aliphatic rings. The Balaban J connectivity index is 2.43. The van der Waals surface area contributed by atoms with Crippen LogP contribution in [0, 0.1) is 5.92 Å². The molecule has 19 heavy (non-hydrogen) atoms. The highest BCUT2D eigenvalue weighted by Crippen LogP contribution is 2.35. The van der Waals surface area contributed by atoms with Crippen molar-refractivity contribution in [2.45, 2.75) is 51.0 Å². The summed E-state index contributed by atoms with van der Waals surface area (Å²) in [6.07, 6.45) is 6.52. The van der Waals surface area contributed by atoms with E-state index < -0.39 is 0 Å². The predicted octanol–water partition coefficient (Wildman–Crippen LogP) is 1.61. The first-order valence-electron chi connectivity index (χ1n) is 7.59. The van der Waals surface area contributed by atoms with Gasteiger partial charge in [0.15, 0.2) is 0 Å². The maximum atomic E-state index is 11.8. The molecule has 2 N–H and O–H groups in total. The van der Waals surface area contributed by atoms with Crippen LogP contribution in [0.4, 0.5) is 0 Å². The maximum Gasteiger partial charge on any atom is 0.220 e. The average molecular weight is 269 g/mol. The Hall–Kier alpha value is -0.610. The van der Waals surface area contributed by atoms with Crippen LogP contribution in [0.5, 0.6) is 0 Å². The van der Waals surface area contributed by atoms with Crippen LogP contribution in [0.1, 0.15) is 45.4 Å². The van der Waals surface area contributed by atoms with Gasteiger partial charge in [-0.1, -0.05) is 19.8 Å². The zero-order valence-electron chi connectivity index (χ0n) is 13.1. The molecule has 112 valence electrons. The van der Waals surface area contributed by atoms with E-state index >= 15 is 0 Å². The Bertz CT molecular complexity index is 281. The summed E-state index contributed by atoms with van der Waals surface area (Å²) in [5, 5.41) is 6.22. The largest absolute Gasteiger partial charge is 0.354 e. The first kappa shape index (κ1) is 16.4. The van der Waals surface area contributed by atoms with E-state index in [1.807, 2.05) is 7.05 Å². The van der Waals surface area contributed by atoms with Crippen molar-refractivity contribution in [3.8, 4) is 0 Å². The summed E-state index contributed by atoms with van der Waals surface area (Å²) < 4.78 is 0. The van der Waals surface area contributed by atoms with E-state index in [-0.39, 0.29) is 11.4 Å². The fourth-order valence-corrected chi connectivity index (χ4v) is 3.13. The van der Waals surface area contributed by atoms with Crippen LogP contribution in [0.15, 0.2) is 0 Å². The van der Waals surface area contributed by atoms with Gasteiger partial charge in [-0.2, -0.15) is 0 Å². The number of nitrogens with zero attached hydrogens (tertiary/aromatic N) is 1. The van der Waals surface area contributed by atoms with Crippen molar-refractivity contribution in [3.63, 3.8) is 0 Å². The van der Waals surface area contributed by atoms with E-state index in [1.54, 1.807) is 0 Å². The number of hydrogen-bond acceptors (Lipinski definition) is 3. The number of likely N-dealkylation sites (N-methyl/N-ethyl adjacent to an activating group) is 1. The van der Waals surface area contributed by atoms with Crippen LogP contribution in [-0.4, -0.2) is 50.6 Å². The molecule has 1 aliphatic carbocycles. The first-order chi connectivity index (χ1) is 9.00. The smallest absolute Gasteiger partial charge is 0.220 e. The molecule has 1 saturated carbocycles. The minimum atomic E-state index is 0.163. The molecule has 0 heterocycles. The first-order valence-corrected chi connectivity index (χ1v) is 7.59. The highest BCUT2D eigenvalue weighted by Gasteiger charge is 2.36. The van der Waals surface area contributed by atoms with Crippen molar-refractivity contribution in [2.75, 3.05) is 34.2 Å². The Morgan fingerprint density at radius 3 is 2.74 bits per heavy atom. The van der Waals surface area contributed by atoms with Gasteiger partial charge in [0.25, 0.3) is 0 Å². The molecule has 0 aromatic rings. The topological polar surface area (TPSA) is 44.4 Å². The van der Waals surface area contributed by atoms with Gasteiger partial charge in [0, 0.05) is 18.5 Å². The number of amides is 1. The second-order valence-corrected chi connectivity index (χ2v) is 6.30. The van der Waals surface area contributed by atoms with Crippen molar-refractivity contribution in [3.05, 3.63) is 0 Å². The van der Waals surface area contributed by atoms with E-state index in [9.17, 15) is 4.79 Å². The number of carbonyl (C=O) groups excluding carboxylic acids is 1. The molecule has 4 nitrogen and oxygen atoms in total. The predicted molar refractivity (Wildman–Crippen MR) is 80.2 cm³/mol. The van der Waals surface area contributed by atoms with Crippen LogP contribution >= 0.6 is 0 Å². The lowest BCUT2D eigenvalue weighted by molar-refractivity contribution is -0.122. The lowest BCUT2D eigenvalue weighted by Gasteiger charge is -2.45. The van der Waals surface area contributed by atoms with Crippen molar-refractivity contribution in [2.24, 2.45) is 5.92 Å². The van der Waals surface area contributed by atoms with Gasteiger partial charge in [0.2, 0.25) is 5.91 Å². The van der Waals surface area contributed by atoms with Crippen LogP contribution in [0.2, 0.25) is 0 Å². The fraction of sp³-hybridized carbons (Fsp3) is 0.933. The molecule has 1 rings (SSSR count). The lowest BCUT2D eigenvalue weighted by Crippen LogP contribution is -2.55. The number of rotatable bonds is 7. The Kier molecular flexibility index (Phi) is 6.80. The molecule has 2 atom stereocenters. The van der Waals surface area contributed by atoms with Gasteiger partial charge < -0.3 is 15.5 Å². The van der Waals surface area contributed by atoms with Gasteiger partial charge in [-0.15, -0.1) is 0 Å².